The van der Waals surface area contributed by atoms with Crippen LogP contribution in [0.25, 0.3) is 11.3 Å². The number of anilines is 1. The molecule has 0 aliphatic heterocycles. The molecule has 1 aliphatic carbocycles. The zero-order valence-corrected chi connectivity index (χ0v) is 19.0. The molecule has 0 unspecified atom stereocenters. The molecule has 10 heteroatoms. The maximum Gasteiger partial charge on any atom is 0.270 e. The van der Waals surface area contributed by atoms with Crippen LogP contribution in [0.1, 0.15) is 41.2 Å². The highest BCUT2D eigenvalue weighted by atomic mass is 32.2. The topological polar surface area (TPSA) is 129 Å². The van der Waals surface area contributed by atoms with Gasteiger partial charge < -0.3 is 10.3 Å². The van der Waals surface area contributed by atoms with Gasteiger partial charge in [0.1, 0.15) is 11.6 Å². The van der Waals surface area contributed by atoms with Crippen molar-refractivity contribution in [2.24, 2.45) is 5.41 Å². The van der Waals surface area contributed by atoms with Gasteiger partial charge in [-0.2, -0.15) is 5.26 Å². The number of Topliss-reactive ketones (excluding diaryl/α,β-unsaturated/α-hetero) is 1. The first-order valence-corrected chi connectivity index (χ1v) is 11.6. The van der Waals surface area contributed by atoms with Crippen LogP contribution < -0.4 is 10.9 Å². The highest BCUT2D eigenvalue weighted by Gasteiger charge is 2.34. The molecule has 0 spiro atoms. The summed E-state index contributed by atoms with van der Waals surface area (Å²) in [6.07, 6.45) is 1.15. The van der Waals surface area contributed by atoms with E-state index in [1.165, 1.54) is 11.3 Å². The minimum absolute atomic E-state index is 0.0211. The number of fused-ring (bicyclic) bond motifs is 1. The van der Waals surface area contributed by atoms with E-state index >= 15 is 0 Å². The standard InChI is InChI=1S/C22H19N5O3S2/c1-22(2)8-14-18(15(28)9-22)32-21(24-14)25-16(29)11-31-20-26-17(12-6-4-3-5-7-12)13(10-23)19(30)27-20/h3-7H,8-9,11H2,1-2H3,(H,24,25,29)(H,26,27,30). The molecule has 2 heterocycles. The number of rotatable bonds is 5. The predicted molar refractivity (Wildman–Crippen MR) is 123 cm³/mol. The Hall–Kier alpha value is -3.29. The molecule has 1 aliphatic rings. The summed E-state index contributed by atoms with van der Waals surface area (Å²) < 4.78 is 0. The second-order valence-electron chi connectivity index (χ2n) is 8.15. The Morgan fingerprint density at radius 2 is 2.00 bits per heavy atom. The molecule has 4 rings (SSSR count). The number of thioether (sulfide) groups is 1. The zero-order chi connectivity index (χ0) is 22.9. The highest BCUT2D eigenvalue weighted by Crippen LogP contribution is 2.38. The average Bonchev–Trinajstić information content (AvgIpc) is 3.13. The summed E-state index contributed by atoms with van der Waals surface area (Å²) >= 11 is 2.24. The van der Waals surface area contributed by atoms with Crippen LogP contribution in [0, 0.1) is 16.7 Å². The molecule has 1 amide bonds. The van der Waals surface area contributed by atoms with Gasteiger partial charge in [-0.05, 0) is 11.8 Å². The number of ketones is 1. The van der Waals surface area contributed by atoms with Crippen LogP contribution in [0.3, 0.4) is 0 Å². The highest BCUT2D eigenvalue weighted by molar-refractivity contribution is 7.99. The van der Waals surface area contributed by atoms with Crippen LogP contribution in [0.4, 0.5) is 5.13 Å². The summed E-state index contributed by atoms with van der Waals surface area (Å²) in [5.74, 6) is -0.301. The number of hydrogen-bond donors (Lipinski definition) is 2. The zero-order valence-electron chi connectivity index (χ0n) is 17.4. The van der Waals surface area contributed by atoms with Gasteiger partial charge in [0.2, 0.25) is 5.91 Å². The Morgan fingerprint density at radius 3 is 2.72 bits per heavy atom. The van der Waals surface area contributed by atoms with Crippen molar-refractivity contribution < 1.29 is 9.59 Å². The Labute approximate surface area is 192 Å². The third-order valence-electron chi connectivity index (χ3n) is 4.88. The van der Waals surface area contributed by atoms with E-state index in [-0.39, 0.29) is 39.3 Å². The van der Waals surface area contributed by atoms with E-state index < -0.39 is 5.56 Å². The number of carbonyl (C=O) groups is 2. The van der Waals surface area contributed by atoms with Gasteiger partial charge in [-0.3, -0.25) is 14.4 Å². The molecule has 32 heavy (non-hydrogen) atoms. The first kappa shape index (κ1) is 21.9. The summed E-state index contributed by atoms with van der Waals surface area (Å²) in [6.45, 7) is 4.05. The maximum atomic E-state index is 12.4. The first-order valence-electron chi connectivity index (χ1n) is 9.81. The van der Waals surface area contributed by atoms with Crippen LogP contribution >= 0.6 is 23.1 Å². The van der Waals surface area contributed by atoms with Crippen molar-refractivity contribution >= 4 is 39.9 Å². The number of aromatic amines is 1. The van der Waals surface area contributed by atoms with E-state index in [1.54, 1.807) is 24.3 Å². The van der Waals surface area contributed by atoms with E-state index in [2.05, 4.69) is 20.3 Å². The number of nitrogens with zero attached hydrogens (tertiary/aromatic N) is 3. The molecule has 162 valence electrons. The number of nitrogens with one attached hydrogen (secondary N) is 2. The maximum absolute atomic E-state index is 12.4. The van der Waals surface area contributed by atoms with Gasteiger partial charge >= 0.3 is 0 Å². The molecular formula is C22H19N5O3S2. The minimum atomic E-state index is -0.557. The normalized spacial score (nSPS) is 14.5. The van der Waals surface area contributed by atoms with Crippen LogP contribution in [0.2, 0.25) is 0 Å². The van der Waals surface area contributed by atoms with E-state index in [9.17, 15) is 19.6 Å². The van der Waals surface area contributed by atoms with Gasteiger partial charge in [-0.1, -0.05) is 67.3 Å². The molecule has 1 aromatic carbocycles. The largest absolute Gasteiger partial charge is 0.301 e. The van der Waals surface area contributed by atoms with E-state index in [4.69, 9.17) is 0 Å². The van der Waals surface area contributed by atoms with Crippen molar-refractivity contribution in [3.63, 3.8) is 0 Å². The van der Waals surface area contributed by atoms with Gasteiger partial charge in [0.05, 0.1) is 22.0 Å². The molecule has 0 atom stereocenters. The van der Waals surface area contributed by atoms with Gasteiger partial charge in [0.25, 0.3) is 5.56 Å². The molecule has 2 aromatic heterocycles. The second-order valence-corrected chi connectivity index (χ2v) is 10.1. The molecule has 0 radical (unpaired) electrons. The van der Waals surface area contributed by atoms with Crippen molar-refractivity contribution in [1.82, 2.24) is 15.0 Å². The lowest BCUT2D eigenvalue weighted by molar-refractivity contribution is -0.113. The van der Waals surface area contributed by atoms with Crippen LogP contribution in [0.5, 0.6) is 0 Å². The third-order valence-corrected chi connectivity index (χ3v) is 6.81. The number of aromatic nitrogens is 3. The number of hydrogen-bond acceptors (Lipinski definition) is 8. The molecule has 0 saturated carbocycles. The van der Waals surface area contributed by atoms with E-state index in [0.29, 0.717) is 28.4 Å². The summed E-state index contributed by atoms with van der Waals surface area (Å²) in [5.41, 5.74) is 0.864. The molecule has 2 N–H and O–H groups in total. The summed E-state index contributed by atoms with van der Waals surface area (Å²) in [6, 6.07) is 10.8. The van der Waals surface area contributed by atoms with Crippen LogP contribution in [0.15, 0.2) is 40.3 Å². The fourth-order valence-electron chi connectivity index (χ4n) is 3.49. The van der Waals surface area contributed by atoms with Gasteiger partial charge in [0, 0.05) is 12.0 Å². The van der Waals surface area contributed by atoms with Crippen molar-refractivity contribution in [1.29, 1.82) is 5.26 Å². The molecule has 0 saturated heterocycles. The van der Waals surface area contributed by atoms with Crippen LogP contribution in [-0.4, -0.2) is 32.4 Å². The van der Waals surface area contributed by atoms with Gasteiger partial charge in [-0.15, -0.1) is 0 Å². The average molecular weight is 466 g/mol. The molecule has 0 fully saturated rings. The lowest BCUT2D eigenvalue weighted by atomic mass is 9.78. The lowest BCUT2D eigenvalue weighted by Crippen LogP contribution is -2.26. The fourth-order valence-corrected chi connectivity index (χ4v) is 5.09. The Balaban J connectivity index is 1.47. The molecule has 3 aromatic rings. The number of amides is 1. The number of carbonyl (C=O) groups excluding carboxylic acids is 2. The van der Waals surface area contributed by atoms with E-state index in [1.807, 2.05) is 26.0 Å². The summed E-state index contributed by atoms with van der Waals surface area (Å²) in [7, 11) is 0. The monoisotopic (exact) mass is 465 g/mol. The van der Waals surface area contributed by atoms with Crippen molar-refractivity contribution in [3.05, 3.63) is 56.8 Å². The number of H-pyrrole nitrogens is 1. The van der Waals surface area contributed by atoms with Gasteiger partial charge in [0.15, 0.2) is 16.1 Å². The Kier molecular flexibility index (Phi) is 5.95. The summed E-state index contributed by atoms with van der Waals surface area (Å²) in [4.78, 5) is 49.1. The Bertz CT molecular complexity index is 1310. The minimum Gasteiger partial charge on any atom is -0.301 e. The predicted octanol–water partition coefficient (Wildman–Crippen LogP) is 3.65. The van der Waals surface area contributed by atoms with Crippen molar-refractivity contribution in [2.45, 2.75) is 31.8 Å². The van der Waals surface area contributed by atoms with Crippen LogP contribution in [-0.2, 0) is 11.2 Å². The molecule has 0 bridgehead atoms. The number of benzene rings is 1. The Morgan fingerprint density at radius 1 is 1.25 bits per heavy atom. The molecular weight excluding hydrogens is 446 g/mol. The van der Waals surface area contributed by atoms with Gasteiger partial charge in [-0.25, -0.2) is 9.97 Å². The second kappa shape index (κ2) is 8.68. The first-order chi connectivity index (χ1) is 15.3. The van der Waals surface area contributed by atoms with Crippen molar-refractivity contribution in [3.8, 4) is 17.3 Å². The quantitative estimate of drug-likeness (QED) is 0.435. The number of thiazole rings is 1. The molecule has 8 nitrogen and oxygen atoms in total. The SMILES string of the molecule is CC1(C)CC(=O)c2sc(NC(=O)CSc3nc(-c4ccccc4)c(C#N)c(=O)[nH]3)nc2C1. The smallest absolute Gasteiger partial charge is 0.270 e. The third kappa shape index (κ3) is 4.64. The summed E-state index contributed by atoms with van der Waals surface area (Å²) in [5, 5.41) is 12.7. The lowest BCUT2D eigenvalue weighted by Gasteiger charge is -2.26. The van der Waals surface area contributed by atoms with E-state index in [0.717, 1.165) is 17.5 Å². The number of nitriles is 1. The fraction of sp³-hybridized carbons (Fsp3) is 0.273. The van der Waals surface area contributed by atoms with Crippen molar-refractivity contribution in [2.75, 3.05) is 11.1 Å².